The summed E-state index contributed by atoms with van der Waals surface area (Å²) in [4.78, 5) is 36.9. The zero-order valence-electron chi connectivity index (χ0n) is 18.6. The highest BCUT2D eigenvalue weighted by Gasteiger charge is 2.19. The van der Waals surface area contributed by atoms with Gasteiger partial charge in [0.1, 0.15) is 6.04 Å². The average molecular weight is 410 g/mol. The van der Waals surface area contributed by atoms with Crippen LogP contribution in [0.25, 0.3) is 0 Å². The monoisotopic (exact) mass is 409 g/mol. The van der Waals surface area contributed by atoms with E-state index in [1.54, 1.807) is 19.1 Å². The van der Waals surface area contributed by atoms with Crippen LogP contribution in [0.1, 0.15) is 54.7 Å². The number of hydrogen-bond acceptors (Lipinski definition) is 3. The van der Waals surface area contributed by atoms with Gasteiger partial charge in [-0.15, -0.1) is 0 Å². The van der Waals surface area contributed by atoms with Crippen LogP contribution in [0.2, 0.25) is 0 Å². The van der Waals surface area contributed by atoms with Gasteiger partial charge in [0.05, 0.1) is 6.54 Å². The van der Waals surface area contributed by atoms with Gasteiger partial charge in [-0.25, -0.2) is 0 Å². The molecule has 160 valence electrons. The zero-order chi connectivity index (χ0) is 22.5. The van der Waals surface area contributed by atoms with Gasteiger partial charge in [0, 0.05) is 11.3 Å². The minimum atomic E-state index is -0.771. The smallest absolute Gasteiger partial charge is 0.251 e. The molecule has 0 bridgehead atoms. The van der Waals surface area contributed by atoms with Crippen LogP contribution in [0.3, 0.4) is 0 Å². The van der Waals surface area contributed by atoms with Crippen molar-refractivity contribution in [3.8, 4) is 0 Å². The van der Waals surface area contributed by atoms with E-state index >= 15 is 0 Å². The highest BCUT2D eigenvalue weighted by molar-refractivity contribution is 5.99. The fourth-order valence-electron chi connectivity index (χ4n) is 2.98. The van der Waals surface area contributed by atoms with Crippen molar-refractivity contribution in [2.45, 2.75) is 53.0 Å². The maximum Gasteiger partial charge on any atom is 0.251 e. The number of amides is 3. The van der Waals surface area contributed by atoms with Crippen molar-refractivity contribution in [1.82, 2.24) is 10.6 Å². The van der Waals surface area contributed by atoms with Gasteiger partial charge in [-0.2, -0.15) is 0 Å². The second-order valence-electron chi connectivity index (χ2n) is 8.56. The molecular formula is C24H31N3O3. The lowest BCUT2D eigenvalue weighted by atomic mass is 9.86. The maximum atomic E-state index is 12.4. The lowest BCUT2D eigenvalue weighted by Gasteiger charge is -2.19. The standard InChI is InChI=1S/C24H31N3O3/c1-15-8-7-9-16(2)21(15)27-20(28)14-25-22(29)17(3)26-23(30)18-10-12-19(13-11-18)24(4,5)6/h7-13,17H,14H2,1-6H3,(H,25,29)(H,26,30)(H,27,28). The second-order valence-corrected chi connectivity index (χ2v) is 8.56. The van der Waals surface area contributed by atoms with E-state index in [1.165, 1.54) is 0 Å². The summed E-state index contributed by atoms with van der Waals surface area (Å²) in [7, 11) is 0. The summed E-state index contributed by atoms with van der Waals surface area (Å²) in [6, 6.07) is 12.3. The second kappa shape index (κ2) is 9.57. The number of anilines is 1. The summed E-state index contributed by atoms with van der Waals surface area (Å²) in [5, 5.41) is 8.04. The van der Waals surface area contributed by atoms with E-state index in [2.05, 4.69) is 36.7 Å². The molecule has 0 saturated carbocycles. The van der Waals surface area contributed by atoms with E-state index < -0.39 is 11.9 Å². The summed E-state index contributed by atoms with van der Waals surface area (Å²) in [6.07, 6.45) is 0. The molecule has 30 heavy (non-hydrogen) atoms. The molecule has 3 amide bonds. The van der Waals surface area contributed by atoms with Gasteiger partial charge in [-0.1, -0.05) is 51.1 Å². The van der Waals surface area contributed by atoms with Gasteiger partial charge < -0.3 is 16.0 Å². The molecule has 1 atom stereocenters. The maximum absolute atomic E-state index is 12.4. The highest BCUT2D eigenvalue weighted by Crippen LogP contribution is 2.22. The number of hydrogen-bond donors (Lipinski definition) is 3. The van der Waals surface area contributed by atoms with E-state index in [-0.39, 0.29) is 23.8 Å². The molecule has 0 aliphatic heterocycles. The number of para-hydroxylation sites is 1. The van der Waals surface area contributed by atoms with Crippen LogP contribution in [0.5, 0.6) is 0 Å². The van der Waals surface area contributed by atoms with Gasteiger partial charge >= 0.3 is 0 Å². The molecule has 0 radical (unpaired) electrons. The molecule has 0 spiro atoms. The van der Waals surface area contributed by atoms with Crippen LogP contribution in [0.4, 0.5) is 5.69 Å². The largest absolute Gasteiger partial charge is 0.345 e. The number of benzene rings is 2. The van der Waals surface area contributed by atoms with Crippen LogP contribution >= 0.6 is 0 Å². The number of carbonyl (C=O) groups is 3. The molecule has 0 saturated heterocycles. The minimum Gasteiger partial charge on any atom is -0.345 e. The van der Waals surface area contributed by atoms with Crippen molar-refractivity contribution < 1.29 is 14.4 Å². The number of rotatable bonds is 6. The Hall–Kier alpha value is -3.15. The fourth-order valence-corrected chi connectivity index (χ4v) is 2.98. The van der Waals surface area contributed by atoms with Crippen LogP contribution in [-0.4, -0.2) is 30.3 Å². The Balaban J connectivity index is 1.87. The molecule has 0 aliphatic carbocycles. The predicted octanol–water partition coefficient (Wildman–Crippen LogP) is 3.47. The first-order valence-electron chi connectivity index (χ1n) is 10.0. The summed E-state index contributed by atoms with van der Waals surface area (Å²) in [5.74, 6) is -1.08. The highest BCUT2D eigenvalue weighted by atomic mass is 16.2. The molecular weight excluding hydrogens is 378 g/mol. The van der Waals surface area contributed by atoms with E-state index in [0.29, 0.717) is 5.56 Å². The summed E-state index contributed by atoms with van der Waals surface area (Å²) >= 11 is 0. The number of nitrogens with one attached hydrogen (secondary N) is 3. The Morgan fingerprint density at radius 2 is 1.50 bits per heavy atom. The quantitative estimate of drug-likeness (QED) is 0.683. The minimum absolute atomic E-state index is 0.000410. The molecule has 0 heterocycles. The normalized spacial score (nSPS) is 12.1. The lowest BCUT2D eigenvalue weighted by molar-refractivity contribution is -0.125. The van der Waals surface area contributed by atoms with Crippen molar-refractivity contribution >= 4 is 23.4 Å². The Morgan fingerprint density at radius 3 is 2.03 bits per heavy atom. The topological polar surface area (TPSA) is 87.3 Å². The molecule has 6 heteroatoms. The third kappa shape index (κ3) is 6.17. The van der Waals surface area contributed by atoms with Crippen molar-refractivity contribution in [3.05, 3.63) is 64.7 Å². The van der Waals surface area contributed by atoms with Crippen LogP contribution in [0.15, 0.2) is 42.5 Å². The molecule has 2 rings (SSSR count). The van der Waals surface area contributed by atoms with Crippen molar-refractivity contribution in [2.24, 2.45) is 0 Å². The van der Waals surface area contributed by atoms with Crippen LogP contribution in [0, 0.1) is 13.8 Å². The van der Waals surface area contributed by atoms with Crippen molar-refractivity contribution in [3.63, 3.8) is 0 Å². The lowest BCUT2D eigenvalue weighted by Crippen LogP contribution is -2.46. The molecule has 0 aliphatic rings. The van der Waals surface area contributed by atoms with Gasteiger partial charge in [-0.05, 0) is 55.0 Å². The van der Waals surface area contributed by atoms with E-state index in [9.17, 15) is 14.4 Å². The predicted molar refractivity (Wildman–Crippen MR) is 120 cm³/mol. The van der Waals surface area contributed by atoms with Crippen molar-refractivity contribution in [1.29, 1.82) is 0 Å². The Kier molecular flexibility index (Phi) is 7.38. The van der Waals surface area contributed by atoms with E-state index in [0.717, 1.165) is 22.4 Å². The molecule has 1 unspecified atom stereocenters. The summed E-state index contributed by atoms with van der Waals surface area (Å²) < 4.78 is 0. The summed E-state index contributed by atoms with van der Waals surface area (Å²) in [6.45, 7) is 11.5. The molecule has 2 aromatic rings. The zero-order valence-corrected chi connectivity index (χ0v) is 18.6. The fraction of sp³-hybridized carbons (Fsp3) is 0.375. The molecule has 3 N–H and O–H groups in total. The van der Waals surface area contributed by atoms with E-state index in [1.807, 2.05) is 44.2 Å². The van der Waals surface area contributed by atoms with Crippen LogP contribution in [-0.2, 0) is 15.0 Å². The third-order valence-corrected chi connectivity index (χ3v) is 4.92. The molecule has 0 aromatic heterocycles. The Morgan fingerprint density at radius 1 is 0.933 bits per heavy atom. The van der Waals surface area contributed by atoms with Crippen molar-refractivity contribution in [2.75, 3.05) is 11.9 Å². The first-order valence-corrected chi connectivity index (χ1v) is 10.0. The first kappa shape index (κ1) is 23.1. The summed E-state index contributed by atoms with van der Waals surface area (Å²) in [5.41, 5.74) is 4.26. The van der Waals surface area contributed by atoms with Gasteiger partial charge in [0.25, 0.3) is 5.91 Å². The van der Waals surface area contributed by atoms with Gasteiger partial charge in [0.15, 0.2) is 0 Å². The molecule has 6 nitrogen and oxygen atoms in total. The average Bonchev–Trinajstić information content (AvgIpc) is 2.68. The number of carbonyl (C=O) groups excluding carboxylic acids is 3. The van der Waals surface area contributed by atoms with Gasteiger partial charge in [-0.3, -0.25) is 14.4 Å². The molecule has 2 aromatic carbocycles. The van der Waals surface area contributed by atoms with E-state index in [4.69, 9.17) is 0 Å². The Bertz CT molecular complexity index is 907. The van der Waals surface area contributed by atoms with Gasteiger partial charge in [0.2, 0.25) is 11.8 Å². The van der Waals surface area contributed by atoms with Crippen LogP contribution < -0.4 is 16.0 Å². The SMILES string of the molecule is Cc1cccc(C)c1NC(=O)CNC(=O)C(C)NC(=O)c1ccc(C(C)(C)C)cc1. The molecule has 0 fully saturated rings. The first-order chi connectivity index (χ1) is 14.0. The third-order valence-electron chi connectivity index (χ3n) is 4.92. The Labute approximate surface area is 178 Å². The number of aryl methyl sites for hydroxylation is 2.